The fraction of sp³-hybridized carbons (Fsp3) is 0.533. The van der Waals surface area contributed by atoms with Crippen LogP contribution in [0.2, 0.25) is 0 Å². The average Bonchev–Trinajstić information content (AvgIpc) is 2.70. The van der Waals surface area contributed by atoms with Crippen molar-refractivity contribution in [2.24, 2.45) is 0 Å². The third kappa shape index (κ3) is 4.09. The molecule has 21 heavy (non-hydrogen) atoms. The summed E-state index contributed by atoms with van der Waals surface area (Å²) >= 11 is 0.917. The molecule has 0 radical (unpaired) electrons. The molecule has 0 bridgehead atoms. The van der Waals surface area contributed by atoms with E-state index in [2.05, 4.69) is 0 Å². The van der Waals surface area contributed by atoms with Crippen LogP contribution >= 0.6 is 11.8 Å². The Kier molecular flexibility index (Phi) is 5.45. The lowest BCUT2D eigenvalue weighted by Crippen LogP contribution is -2.37. The van der Waals surface area contributed by atoms with Crippen molar-refractivity contribution >= 4 is 23.4 Å². The lowest BCUT2D eigenvalue weighted by Gasteiger charge is -2.24. The minimum atomic E-state index is -0.715. The fourth-order valence-corrected chi connectivity index (χ4v) is 3.41. The van der Waals surface area contributed by atoms with E-state index < -0.39 is 16.9 Å². The smallest absolute Gasteiger partial charge is 0.235 e. The molecule has 2 N–H and O–H groups in total. The summed E-state index contributed by atoms with van der Waals surface area (Å²) in [6, 6.07) is 2.16. The number of nitrogens with two attached hydrogens (primary N) is 1. The third-order valence-corrected chi connectivity index (χ3v) is 4.76. The van der Waals surface area contributed by atoms with Crippen LogP contribution in [0.3, 0.4) is 0 Å². The van der Waals surface area contributed by atoms with Gasteiger partial charge in [-0.2, -0.15) is 0 Å². The maximum absolute atomic E-state index is 13.8. The van der Waals surface area contributed by atoms with Crippen LogP contribution in [0.4, 0.5) is 14.5 Å². The molecule has 1 unspecified atom stereocenters. The molecule has 6 heteroatoms. The fourth-order valence-electron chi connectivity index (χ4n) is 2.47. The van der Waals surface area contributed by atoms with Gasteiger partial charge in [-0.25, -0.2) is 8.78 Å². The monoisotopic (exact) mass is 314 g/mol. The second-order valence-electron chi connectivity index (χ2n) is 5.31. The minimum absolute atomic E-state index is 0.0425. The van der Waals surface area contributed by atoms with Gasteiger partial charge in [-0.15, -0.1) is 11.8 Å². The average molecular weight is 314 g/mol. The van der Waals surface area contributed by atoms with Crippen LogP contribution in [0.25, 0.3) is 0 Å². The number of halogens is 2. The van der Waals surface area contributed by atoms with Crippen molar-refractivity contribution in [3.63, 3.8) is 0 Å². The van der Waals surface area contributed by atoms with Gasteiger partial charge in [-0.1, -0.05) is 12.8 Å². The van der Waals surface area contributed by atoms with Crippen LogP contribution < -0.4 is 5.73 Å². The van der Waals surface area contributed by atoms with E-state index in [0.717, 1.165) is 62.7 Å². The summed E-state index contributed by atoms with van der Waals surface area (Å²) in [4.78, 5) is 14.0. The number of rotatable bonds is 3. The van der Waals surface area contributed by atoms with Crippen molar-refractivity contribution in [3.05, 3.63) is 23.8 Å². The lowest BCUT2D eigenvalue weighted by atomic mass is 10.2. The highest BCUT2D eigenvalue weighted by atomic mass is 32.2. The number of anilines is 1. The predicted octanol–water partition coefficient (Wildman–Crippen LogP) is 3.43. The highest BCUT2D eigenvalue weighted by molar-refractivity contribution is 8.00. The number of carbonyl (C=O) groups excluding carboxylic acids is 1. The van der Waals surface area contributed by atoms with Gasteiger partial charge in [0.05, 0.1) is 10.1 Å². The second-order valence-corrected chi connectivity index (χ2v) is 6.66. The largest absolute Gasteiger partial charge is 0.399 e. The van der Waals surface area contributed by atoms with Crippen molar-refractivity contribution in [2.75, 3.05) is 18.8 Å². The van der Waals surface area contributed by atoms with E-state index in [4.69, 9.17) is 5.73 Å². The zero-order chi connectivity index (χ0) is 15.4. The highest BCUT2D eigenvalue weighted by Gasteiger charge is 2.24. The Balaban J connectivity index is 2.06. The molecule has 1 aromatic carbocycles. The first-order valence-electron chi connectivity index (χ1n) is 7.19. The molecule has 1 aliphatic heterocycles. The van der Waals surface area contributed by atoms with Crippen molar-refractivity contribution in [2.45, 2.75) is 42.8 Å². The number of thioether (sulfide) groups is 1. The Morgan fingerprint density at radius 3 is 2.24 bits per heavy atom. The number of nitrogen functional groups attached to an aromatic ring is 1. The van der Waals surface area contributed by atoms with Crippen LogP contribution in [-0.2, 0) is 4.79 Å². The SMILES string of the molecule is CC(Sc1c(F)cc(N)cc1F)C(=O)N1CCCCCC1. The Morgan fingerprint density at radius 1 is 1.19 bits per heavy atom. The van der Waals surface area contributed by atoms with E-state index in [1.54, 1.807) is 11.8 Å². The minimum Gasteiger partial charge on any atom is -0.399 e. The lowest BCUT2D eigenvalue weighted by molar-refractivity contribution is -0.130. The van der Waals surface area contributed by atoms with E-state index >= 15 is 0 Å². The molecule has 1 fully saturated rings. The first-order valence-corrected chi connectivity index (χ1v) is 8.07. The molecule has 0 aliphatic carbocycles. The standard InChI is InChI=1S/C15H20F2N2OS/c1-10(15(20)19-6-4-2-3-5-7-19)21-14-12(16)8-11(18)9-13(14)17/h8-10H,2-7,18H2,1H3. The van der Waals surface area contributed by atoms with Crippen LogP contribution in [0.1, 0.15) is 32.6 Å². The Hall–Kier alpha value is -1.30. The van der Waals surface area contributed by atoms with Gasteiger partial charge >= 0.3 is 0 Å². The van der Waals surface area contributed by atoms with Crippen molar-refractivity contribution in [1.29, 1.82) is 0 Å². The summed E-state index contributed by atoms with van der Waals surface area (Å²) < 4.78 is 27.6. The Labute approximate surface area is 127 Å². The molecule has 1 heterocycles. The molecule has 0 aromatic heterocycles. The maximum atomic E-state index is 13.8. The molecule has 1 atom stereocenters. The maximum Gasteiger partial charge on any atom is 0.235 e. The van der Waals surface area contributed by atoms with Gasteiger partial charge in [-0.05, 0) is 31.9 Å². The topological polar surface area (TPSA) is 46.3 Å². The Morgan fingerprint density at radius 2 is 1.71 bits per heavy atom. The summed E-state index contributed by atoms with van der Waals surface area (Å²) in [5.41, 5.74) is 5.43. The van der Waals surface area contributed by atoms with Gasteiger partial charge in [0.1, 0.15) is 11.6 Å². The summed E-state index contributed by atoms with van der Waals surface area (Å²) in [5.74, 6) is -1.49. The zero-order valence-corrected chi connectivity index (χ0v) is 12.9. The molecular formula is C15H20F2N2OS. The molecule has 0 saturated carbocycles. The molecule has 2 rings (SSSR count). The molecule has 1 saturated heterocycles. The van der Waals surface area contributed by atoms with Gasteiger partial charge in [0, 0.05) is 18.8 Å². The van der Waals surface area contributed by atoms with E-state index in [-0.39, 0.29) is 16.5 Å². The first-order chi connectivity index (χ1) is 9.99. The van der Waals surface area contributed by atoms with Crippen LogP contribution in [0.15, 0.2) is 17.0 Å². The molecule has 3 nitrogen and oxygen atoms in total. The van der Waals surface area contributed by atoms with Gasteiger partial charge < -0.3 is 10.6 Å². The molecule has 1 aliphatic rings. The number of amides is 1. The number of nitrogens with zero attached hydrogens (tertiary/aromatic N) is 1. The third-order valence-electron chi connectivity index (χ3n) is 3.58. The summed E-state index contributed by atoms with van der Waals surface area (Å²) in [6.45, 7) is 3.15. The molecule has 116 valence electrons. The number of benzene rings is 1. The van der Waals surface area contributed by atoms with Gasteiger partial charge in [-0.3, -0.25) is 4.79 Å². The van der Waals surface area contributed by atoms with E-state index in [9.17, 15) is 13.6 Å². The number of hydrogen-bond donors (Lipinski definition) is 1. The van der Waals surface area contributed by atoms with Gasteiger partial charge in [0.15, 0.2) is 0 Å². The van der Waals surface area contributed by atoms with Crippen LogP contribution in [0, 0.1) is 11.6 Å². The van der Waals surface area contributed by atoms with Gasteiger partial charge in [0.2, 0.25) is 5.91 Å². The van der Waals surface area contributed by atoms with Crippen LogP contribution in [0.5, 0.6) is 0 Å². The quantitative estimate of drug-likeness (QED) is 0.687. The highest BCUT2D eigenvalue weighted by Crippen LogP contribution is 2.31. The summed E-state index contributed by atoms with van der Waals surface area (Å²) in [7, 11) is 0. The Bertz CT molecular complexity index is 493. The normalized spacial score (nSPS) is 17.4. The van der Waals surface area contributed by atoms with Crippen molar-refractivity contribution in [3.8, 4) is 0 Å². The molecule has 1 aromatic rings. The molecular weight excluding hydrogens is 294 g/mol. The number of carbonyl (C=O) groups is 1. The van der Waals surface area contributed by atoms with Gasteiger partial charge in [0.25, 0.3) is 0 Å². The van der Waals surface area contributed by atoms with Crippen molar-refractivity contribution in [1.82, 2.24) is 4.90 Å². The molecule has 1 amide bonds. The van der Waals surface area contributed by atoms with E-state index in [1.807, 2.05) is 0 Å². The second kappa shape index (κ2) is 7.11. The predicted molar refractivity (Wildman–Crippen MR) is 81.1 cm³/mol. The zero-order valence-electron chi connectivity index (χ0n) is 12.1. The van der Waals surface area contributed by atoms with E-state index in [1.165, 1.54) is 0 Å². The number of hydrogen-bond acceptors (Lipinski definition) is 3. The molecule has 0 spiro atoms. The number of likely N-dealkylation sites (tertiary alicyclic amines) is 1. The summed E-state index contributed by atoms with van der Waals surface area (Å²) in [5, 5.41) is -0.518. The van der Waals surface area contributed by atoms with E-state index in [0.29, 0.717) is 0 Å². The first kappa shape index (κ1) is 16.1. The summed E-state index contributed by atoms with van der Waals surface area (Å²) in [6.07, 6.45) is 4.25. The van der Waals surface area contributed by atoms with Crippen LogP contribution in [-0.4, -0.2) is 29.1 Å². The van der Waals surface area contributed by atoms with Crippen molar-refractivity contribution < 1.29 is 13.6 Å².